The maximum Gasteiger partial charge on any atom is 0.325 e. The number of halogens is 1. The van der Waals surface area contributed by atoms with Gasteiger partial charge in [-0.2, -0.15) is 0 Å². The number of rotatable bonds is 8. The number of hydrogen-bond donors (Lipinski definition) is 2. The Labute approximate surface area is 132 Å². The van der Waals surface area contributed by atoms with E-state index in [-0.39, 0.29) is 11.8 Å². The van der Waals surface area contributed by atoms with Gasteiger partial charge in [0.15, 0.2) is 0 Å². The van der Waals surface area contributed by atoms with E-state index < -0.39 is 12.0 Å². The molecule has 0 bridgehead atoms. The third kappa shape index (κ3) is 6.27. The number of carbonyl (C=O) groups excluding carboxylic acids is 1. The van der Waals surface area contributed by atoms with Crippen LogP contribution < -0.4 is 5.32 Å². The molecule has 2 N–H and O–H groups in total. The maximum atomic E-state index is 12.2. The SMILES string of the molecule is COCCC(Cc1cccc(Br)c1)C(=O)N[C@H](C)C(=O)O. The van der Waals surface area contributed by atoms with Crippen LogP contribution in [0.2, 0.25) is 0 Å². The predicted molar refractivity (Wildman–Crippen MR) is 83.1 cm³/mol. The fourth-order valence-electron chi connectivity index (χ4n) is 1.93. The number of carboxylic acids is 1. The molecule has 5 nitrogen and oxygen atoms in total. The zero-order chi connectivity index (χ0) is 15.8. The Morgan fingerprint density at radius 1 is 1.43 bits per heavy atom. The Morgan fingerprint density at radius 3 is 2.71 bits per heavy atom. The molecule has 1 aromatic carbocycles. The first-order valence-electron chi connectivity index (χ1n) is 6.70. The zero-order valence-corrected chi connectivity index (χ0v) is 13.7. The van der Waals surface area contributed by atoms with E-state index >= 15 is 0 Å². The molecule has 6 heteroatoms. The molecule has 116 valence electrons. The van der Waals surface area contributed by atoms with E-state index in [0.717, 1.165) is 10.0 Å². The van der Waals surface area contributed by atoms with Gasteiger partial charge in [0.1, 0.15) is 6.04 Å². The van der Waals surface area contributed by atoms with Crippen molar-refractivity contribution in [2.45, 2.75) is 25.8 Å². The van der Waals surface area contributed by atoms with E-state index in [2.05, 4.69) is 21.2 Å². The lowest BCUT2D eigenvalue weighted by Crippen LogP contribution is -2.42. The largest absolute Gasteiger partial charge is 0.480 e. The third-order valence-corrected chi connectivity index (χ3v) is 3.63. The second kappa shape index (κ2) is 8.79. The highest BCUT2D eigenvalue weighted by Gasteiger charge is 2.22. The van der Waals surface area contributed by atoms with Crippen LogP contribution in [-0.2, 0) is 20.7 Å². The average molecular weight is 358 g/mol. The van der Waals surface area contributed by atoms with Gasteiger partial charge in [-0.3, -0.25) is 9.59 Å². The van der Waals surface area contributed by atoms with E-state index in [1.807, 2.05) is 24.3 Å². The Balaban J connectivity index is 2.74. The first-order chi connectivity index (χ1) is 9.93. The lowest BCUT2D eigenvalue weighted by Gasteiger charge is -2.18. The summed E-state index contributed by atoms with van der Waals surface area (Å²) in [6, 6.07) is 6.82. The second-order valence-corrected chi connectivity index (χ2v) is 5.80. The van der Waals surface area contributed by atoms with Crippen molar-refractivity contribution in [3.05, 3.63) is 34.3 Å². The summed E-state index contributed by atoms with van der Waals surface area (Å²) in [6.07, 6.45) is 1.09. The topological polar surface area (TPSA) is 75.6 Å². The van der Waals surface area contributed by atoms with Crippen molar-refractivity contribution in [3.8, 4) is 0 Å². The molecule has 0 aromatic heterocycles. The molecule has 0 fully saturated rings. The van der Waals surface area contributed by atoms with E-state index in [4.69, 9.17) is 9.84 Å². The molecule has 0 heterocycles. The first-order valence-corrected chi connectivity index (χ1v) is 7.50. The molecular formula is C15H20BrNO4. The predicted octanol–water partition coefficient (Wildman–Crippen LogP) is 2.23. The average Bonchev–Trinajstić information content (AvgIpc) is 2.43. The van der Waals surface area contributed by atoms with Crippen LogP contribution in [-0.4, -0.2) is 36.7 Å². The van der Waals surface area contributed by atoms with Gasteiger partial charge in [-0.1, -0.05) is 28.1 Å². The molecule has 1 unspecified atom stereocenters. The number of nitrogens with one attached hydrogen (secondary N) is 1. The van der Waals surface area contributed by atoms with Crippen LogP contribution in [0.3, 0.4) is 0 Å². The smallest absolute Gasteiger partial charge is 0.325 e. The molecule has 0 saturated carbocycles. The standard InChI is InChI=1S/C15H20BrNO4/c1-10(15(19)20)17-14(18)12(6-7-21-2)8-11-4-3-5-13(16)9-11/h3-5,9-10,12H,6-8H2,1-2H3,(H,17,18)(H,19,20)/t10-,12?/m1/s1. The summed E-state index contributed by atoms with van der Waals surface area (Å²) >= 11 is 3.40. The number of carbonyl (C=O) groups is 2. The minimum atomic E-state index is -1.05. The zero-order valence-electron chi connectivity index (χ0n) is 12.1. The Morgan fingerprint density at radius 2 is 2.14 bits per heavy atom. The van der Waals surface area contributed by atoms with Crippen LogP contribution in [0.1, 0.15) is 18.9 Å². The van der Waals surface area contributed by atoms with Crippen molar-refractivity contribution in [2.75, 3.05) is 13.7 Å². The molecule has 0 saturated heterocycles. The van der Waals surface area contributed by atoms with Gasteiger partial charge >= 0.3 is 5.97 Å². The van der Waals surface area contributed by atoms with Crippen molar-refractivity contribution >= 4 is 27.8 Å². The number of aliphatic carboxylic acids is 1. The van der Waals surface area contributed by atoms with Gasteiger partial charge < -0.3 is 15.2 Å². The number of hydrogen-bond acceptors (Lipinski definition) is 3. The maximum absolute atomic E-state index is 12.2. The third-order valence-electron chi connectivity index (χ3n) is 3.14. The van der Waals surface area contributed by atoms with Crippen LogP contribution >= 0.6 is 15.9 Å². The fourth-order valence-corrected chi connectivity index (χ4v) is 2.37. The lowest BCUT2D eigenvalue weighted by molar-refractivity contribution is -0.142. The molecular weight excluding hydrogens is 338 g/mol. The van der Waals surface area contributed by atoms with Gasteiger partial charge in [-0.05, 0) is 37.5 Å². The Hall–Kier alpha value is -1.40. The highest BCUT2D eigenvalue weighted by Crippen LogP contribution is 2.17. The number of amides is 1. The molecule has 21 heavy (non-hydrogen) atoms. The van der Waals surface area contributed by atoms with Crippen LogP contribution in [0.15, 0.2) is 28.7 Å². The minimum Gasteiger partial charge on any atom is -0.480 e. The van der Waals surface area contributed by atoms with Gasteiger partial charge in [-0.15, -0.1) is 0 Å². The van der Waals surface area contributed by atoms with E-state index in [1.165, 1.54) is 6.92 Å². The van der Waals surface area contributed by atoms with Gasteiger partial charge in [0.25, 0.3) is 0 Å². The van der Waals surface area contributed by atoms with Crippen molar-refractivity contribution in [1.82, 2.24) is 5.32 Å². The van der Waals surface area contributed by atoms with E-state index in [1.54, 1.807) is 7.11 Å². The van der Waals surface area contributed by atoms with Gasteiger partial charge in [-0.25, -0.2) is 0 Å². The van der Waals surface area contributed by atoms with Crippen molar-refractivity contribution in [3.63, 3.8) is 0 Å². The summed E-state index contributed by atoms with van der Waals surface area (Å²) < 4.78 is 5.98. The van der Waals surface area contributed by atoms with Gasteiger partial charge in [0.05, 0.1) is 0 Å². The summed E-state index contributed by atoms with van der Waals surface area (Å²) in [5.74, 6) is -1.63. The van der Waals surface area contributed by atoms with Gasteiger partial charge in [0.2, 0.25) is 5.91 Å². The number of ether oxygens (including phenoxy) is 1. The summed E-state index contributed by atoms with van der Waals surface area (Å²) in [4.78, 5) is 23.0. The number of carboxylic acid groups (broad SMARTS) is 1. The normalized spacial score (nSPS) is 13.5. The quantitative estimate of drug-likeness (QED) is 0.747. The molecule has 0 radical (unpaired) electrons. The van der Waals surface area contributed by atoms with Crippen molar-refractivity contribution in [2.24, 2.45) is 5.92 Å². The summed E-state index contributed by atoms with van der Waals surface area (Å²) in [5.41, 5.74) is 1.02. The number of methoxy groups -OCH3 is 1. The van der Waals surface area contributed by atoms with Crippen molar-refractivity contribution in [1.29, 1.82) is 0 Å². The van der Waals surface area contributed by atoms with Crippen LogP contribution in [0.25, 0.3) is 0 Å². The summed E-state index contributed by atoms with van der Waals surface area (Å²) in [7, 11) is 1.58. The molecule has 0 aliphatic heterocycles. The Kier molecular flexibility index (Phi) is 7.39. The Bertz CT molecular complexity index is 492. The molecule has 0 aliphatic rings. The van der Waals surface area contributed by atoms with E-state index in [0.29, 0.717) is 19.4 Å². The monoisotopic (exact) mass is 357 g/mol. The summed E-state index contributed by atoms with van der Waals surface area (Å²) in [5, 5.41) is 11.4. The highest BCUT2D eigenvalue weighted by atomic mass is 79.9. The van der Waals surface area contributed by atoms with Crippen LogP contribution in [0.5, 0.6) is 0 Å². The molecule has 1 aromatic rings. The molecule has 2 atom stereocenters. The molecule has 0 spiro atoms. The fraction of sp³-hybridized carbons (Fsp3) is 0.467. The van der Waals surface area contributed by atoms with Crippen LogP contribution in [0.4, 0.5) is 0 Å². The summed E-state index contributed by atoms with van der Waals surface area (Å²) in [6.45, 7) is 1.90. The van der Waals surface area contributed by atoms with E-state index in [9.17, 15) is 9.59 Å². The van der Waals surface area contributed by atoms with Crippen LogP contribution in [0, 0.1) is 5.92 Å². The molecule has 0 aliphatic carbocycles. The molecule has 1 amide bonds. The highest BCUT2D eigenvalue weighted by molar-refractivity contribution is 9.10. The second-order valence-electron chi connectivity index (χ2n) is 4.88. The van der Waals surface area contributed by atoms with Gasteiger partial charge in [0, 0.05) is 24.1 Å². The minimum absolute atomic E-state index is 0.262. The molecule has 1 rings (SSSR count). The first kappa shape index (κ1) is 17.7. The lowest BCUT2D eigenvalue weighted by atomic mass is 9.95. The number of benzene rings is 1. The van der Waals surface area contributed by atoms with Crippen molar-refractivity contribution < 1.29 is 19.4 Å².